The number of likely N-dealkylation sites (tertiary alicyclic amines) is 1. The van der Waals surface area contributed by atoms with Gasteiger partial charge in [-0.25, -0.2) is 0 Å². The topological polar surface area (TPSA) is 65.4 Å². The highest BCUT2D eigenvalue weighted by atomic mass is 19.3. The summed E-state index contributed by atoms with van der Waals surface area (Å²) in [5.74, 6) is 0.749. The molecule has 1 aromatic heterocycles. The zero-order chi connectivity index (χ0) is 17.1. The van der Waals surface area contributed by atoms with Crippen LogP contribution in [0.3, 0.4) is 0 Å². The Kier molecular flexibility index (Phi) is 4.94. The summed E-state index contributed by atoms with van der Waals surface area (Å²) >= 11 is 0. The van der Waals surface area contributed by atoms with Crippen LogP contribution in [0.1, 0.15) is 25.5 Å². The van der Waals surface area contributed by atoms with Crippen LogP contribution < -0.4 is 9.64 Å². The van der Waals surface area contributed by atoms with Crippen molar-refractivity contribution in [3.63, 3.8) is 0 Å². The molecule has 1 saturated heterocycles. The molecule has 2 heterocycles. The number of benzene rings is 1. The number of alkyl halides is 2. The lowest BCUT2D eigenvalue weighted by Crippen LogP contribution is -2.33. The summed E-state index contributed by atoms with van der Waals surface area (Å²) in [5, 5.41) is 15.8. The number of hydrogen-bond acceptors (Lipinski definition) is 5. The average molecular weight is 339 g/mol. The van der Waals surface area contributed by atoms with Gasteiger partial charge in [0.2, 0.25) is 11.4 Å². The number of aromatic nitrogens is 2. The largest absolute Gasteiger partial charge is 0.435 e. The smallest absolute Gasteiger partial charge is 0.387 e. The molecule has 130 valence electrons. The van der Waals surface area contributed by atoms with Gasteiger partial charge in [0.1, 0.15) is 5.75 Å². The van der Waals surface area contributed by atoms with Crippen LogP contribution in [0.4, 0.5) is 8.78 Å². The highest BCUT2D eigenvalue weighted by molar-refractivity contribution is 5.59. The van der Waals surface area contributed by atoms with Crippen LogP contribution in [0.15, 0.2) is 28.9 Å². The molecular weight excluding hydrogens is 320 g/mol. The van der Waals surface area contributed by atoms with Gasteiger partial charge in [-0.2, -0.15) is 8.78 Å². The monoisotopic (exact) mass is 339 g/mol. The molecule has 0 unspecified atom stereocenters. The Labute approximate surface area is 138 Å². The van der Waals surface area contributed by atoms with Crippen LogP contribution in [-0.4, -0.2) is 29.8 Å². The summed E-state index contributed by atoms with van der Waals surface area (Å²) in [7, 11) is 0. The molecular formula is C16H19F2N3O3. The highest BCUT2D eigenvalue weighted by Gasteiger charge is 2.25. The number of nitrogens with zero attached hydrogens (tertiary/aromatic N) is 3. The summed E-state index contributed by atoms with van der Waals surface area (Å²) in [4.78, 5) is 2.58. The molecule has 0 amide bonds. The van der Waals surface area contributed by atoms with Crippen molar-refractivity contribution in [2.75, 3.05) is 13.1 Å². The van der Waals surface area contributed by atoms with Crippen molar-refractivity contribution >= 4 is 0 Å². The van der Waals surface area contributed by atoms with Crippen LogP contribution in [0.25, 0.3) is 11.3 Å². The molecule has 1 aliphatic heterocycles. The Morgan fingerprint density at radius 2 is 2.00 bits per heavy atom. The fraction of sp³-hybridized carbons (Fsp3) is 0.500. The van der Waals surface area contributed by atoms with E-state index in [1.54, 1.807) is 12.1 Å². The van der Waals surface area contributed by atoms with Crippen molar-refractivity contribution < 1.29 is 23.0 Å². The first-order chi connectivity index (χ1) is 11.5. The number of piperidine rings is 1. The minimum atomic E-state index is -2.88. The fourth-order valence-electron chi connectivity index (χ4n) is 2.88. The van der Waals surface area contributed by atoms with Crippen molar-refractivity contribution in [1.29, 1.82) is 0 Å². The minimum Gasteiger partial charge on any atom is -0.435 e. The van der Waals surface area contributed by atoms with E-state index in [0.717, 1.165) is 25.9 Å². The lowest BCUT2D eigenvalue weighted by Gasteiger charge is -2.28. The summed E-state index contributed by atoms with van der Waals surface area (Å²) in [5.41, 5.74) is 1.40. The lowest BCUT2D eigenvalue weighted by molar-refractivity contribution is -0.793. The predicted molar refractivity (Wildman–Crippen MR) is 81.2 cm³/mol. The summed E-state index contributed by atoms with van der Waals surface area (Å²) < 4.78 is 33.5. The molecule has 0 saturated carbocycles. The van der Waals surface area contributed by atoms with Crippen LogP contribution >= 0.6 is 0 Å². The van der Waals surface area contributed by atoms with E-state index in [1.165, 1.54) is 12.1 Å². The number of rotatable bonds is 5. The lowest BCUT2D eigenvalue weighted by atomic mass is 9.99. The van der Waals surface area contributed by atoms with Gasteiger partial charge in [0.25, 0.3) is 0 Å². The first-order valence-electron chi connectivity index (χ1n) is 7.89. The van der Waals surface area contributed by atoms with Crippen molar-refractivity contribution in [3.05, 3.63) is 35.2 Å². The van der Waals surface area contributed by atoms with Gasteiger partial charge < -0.3 is 9.94 Å². The second-order valence-electron chi connectivity index (χ2n) is 6.09. The number of ether oxygens (including phenoxy) is 1. The van der Waals surface area contributed by atoms with Crippen LogP contribution in [0.2, 0.25) is 0 Å². The van der Waals surface area contributed by atoms with Crippen molar-refractivity contribution in [2.24, 2.45) is 5.92 Å². The molecule has 0 aliphatic carbocycles. The van der Waals surface area contributed by atoms with Crippen LogP contribution in [0.5, 0.6) is 5.75 Å². The van der Waals surface area contributed by atoms with E-state index in [9.17, 15) is 14.0 Å². The molecule has 1 aromatic carbocycles. The van der Waals surface area contributed by atoms with E-state index in [-0.39, 0.29) is 5.75 Å². The molecule has 0 radical (unpaired) electrons. The molecule has 0 N–H and O–H groups in total. The Hall–Kier alpha value is -2.22. The van der Waals surface area contributed by atoms with Crippen LogP contribution in [-0.2, 0) is 6.54 Å². The van der Waals surface area contributed by atoms with Gasteiger partial charge in [-0.05, 0) is 61.0 Å². The normalized spacial score (nSPS) is 16.7. The van der Waals surface area contributed by atoms with Gasteiger partial charge in [-0.15, -0.1) is 0 Å². The van der Waals surface area contributed by atoms with E-state index < -0.39 is 6.61 Å². The van der Waals surface area contributed by atoms with Crippen molar-refractivity contribution in [2.45, 2.75) is 32.9 Å². The zero-order valence-electron chi connectivity index (χ0n) is 13.3. The second-order valence-corrected chi connectivity index (χ2v) is 6.09. The molecule has 8 heteroatoms. The minimum absolute atomic E-state index is 0.0363. The molecule has 3 rings (SSSR count). The van der Waals surface area contributed by atoms with Gasteiger partial charge in [-0.1, -0.05) is 6.92 Å². The van der Waals surface area contributed by atoms with E-state index in [1.807, 2.05) is 0 Å². The van der Waals surface area contributed by atoms with E-state index >= 15 is 0 Å². The van der Waals surface area contributed by atoms with Gasteiger partial charge in [-0.3, -0.25) is 9.53 Å². The molecule has 6 nitrogen and oxygen atoms in total. The van der Waals surface area contributed by atoms with E-state index in [0.29, 0.717) is 34.3 Å². The average Bonchev–Trinajstić information content (AvgIpc) is 2.91. The summed E-state index contributed by atoms with van der Waals surface area (Å²) in [6.45, 7) is 1.78. The Bertz CT molecular complexity index is 668. The summed E-state index contributed by atoms with van der Waals surface area (Å²) in [6, 6.07) is 5.86. The molecule has 1 fully saturated rings. The first kappa shape index (κ1) is 16.6. The Morgan fingerprint density at radius 1 is 1.33 bits per heavy atom. The predicted octanol–water partition coefficient (Wildman–Crippen LogP) is 2.81. The third-order valence-corrected chi connectivity index (χ3v) is 4.28. The van der Waals surface area contributed by atoms with E-state index in [2.05, 4.69) is 21.7 Å². The third-order valence-electron chi connectivity index (χ3n) is 4.28. The second kappa shape index (κ2) is 7.12. The van der Waals surface area contributed by atoms with Crippen molar-refractivity contribution in [1.82, 2.24) is 10.1 Å². The molecule has 1 aliphatic rings. The Balaban J connectivity index is 1.77. The third kappa shape index (κ3) is 3.81. The molecule has 0 bridgehead atoms. The quantitative estimate of drug-likeness (QED) is 0.784. The van der Waals surface area contributed by atoms with Gasteiger partial charge >= 0.3 is 6.61 Å². The van der Waals surface area contributed by atoms with Gasteiger partial charge in [0, 0.05) is 10.7 Å². The maximum atomic E-state index is 12.2. The number of hydrogen-bond donors (Lipinski definition) is 0. The molecule has 2 aromatic rings. The maximum absolute atomic E-state index is 12.2. The molecule has 0 spiro atoms. The first-order valence-corrected chi connectivity index (χ1v) is 7.89. The standard InChI is InChI=1S/C16H19F2N3O3/c1-11-6-8-20(9-7-11)10-14-15(21(22)24-19-14)12-2-4-13(5-3-12)23-16(17)18/h2-5,11,16H,6-10H2,1H3. The zero-order valence-corrected chi connectivity index (χ0v) is 13.3. The number of halogens is 2. The SMILES string of the molecule is CC1CCN(Cc2no[n+]([O-])c2-c2ccc(OC(F)F)cc2)CC1. The highest BCUT2D eigenvalue weighted by Crippen LogP contribution is 2.25. The Morgan fingerprint density at radius 3 is 2.62 bits per heavy atom. The van der Waals surface area contributed by atoms with Crippen LogP contribution in [0, 0.1) is 11.1 Å². The van der Waals surface area contributed by atoms with E-state index in [4.69, 9.17) is 4.63 Å². The fourth-order valence-corrected chi connectivity index (χ4v) is 2.88. The van der Waals surface area contributed by atoms with Gasteiger partial charge in [0.05, 0.1) is 6.54 Å². The van der Waals surface area contributed by atoms with Gasteiger partial charge in [0.15, 0.2) is 0 Å². The molecule has 24 heavy (non-hydrogen) atoms. The summed E-state index contributed by atoms with van der Waals surface area (Å²) in [6.07, 6.45) is 2.23. The van der Waals surface area contributed by atoms with Crippen molar-refractivity contribution in [3.8, 4) is 17.0 Å². The maximum Gasteiger partial charge on any atom is 0.387 e. The molecule has 0 atom stereocenters.